The van der Waals surface area contributed by atoms with E-state index in [0.29, 0.717) is 18.8 Å². The molecule has 2 rings (SSSR count). The Morgan fingerprint density at radius 3 is 2.41 bits per heavy atom. The summed E-state index contributed by atoms with van der Waals surface area (Å²) in [4.78, 5) is 26.9. The summed E-state index contributed by atoms with van der Waals surface area (Å²) >= 11 is 0. The molecule has 156 valence electrons. The van der Waals surface area contributed by atoms with Crippen LogP contribution in [0.5, 0.6) is 11.5 Å². The minimum Gasteiger partial charge on any atom is -0.497 e. The predicted octanol–water partition coefficient (Wildman–Crippen LogP) is 3.24. The van der Waals surface area contributed by atoms with Gasteiger partial charge in [-0.25, -0.2) is 0 Å². The first kappa shape index (κ1) is 22.3. The number of nitrogens with zero attached hydrogens (tertiary/aromatic N) is 1. The van der Waals surface area contributed by atoms with Crippen molar-refractivity contribution >= 4 is 11.8 Å². The normalized spacial score (nSPS) is 11.5. The van der Waals surface area contributed by atoms with Crippen LogP contribution in [-0.4, -0.2) is 43.0 Å². The van der Waals surface area contributed by atoms with Crippen molar-refractivity contribution in [3.8, 4) is 11.5 Å². The van der Waals surface area contributed by atoms with E-state index in [-0.39, 0.29) is 18.4 Å². The van der Waals surface area contributed by atoms with Crippen LogP contribution >= 0.6 is 0 Å². The van der Waals surface area contributed by atoms with Crippen LogP contribution in [0.15, 0.2) is 42.5 Å². The number of methoxy groups -OCH3 is 1. The van der Waals surface area contributed by atoms with Crippen LogP contribution in [0.25, 0.3) is 0 Å². The predicted molar refractivity (Wildman–Crippen MR) is 113 cm³/mol. The highest BCUT2D eigenvalue weighted by atomic mass is 16.5. The van der Waals surface area contributed by atoms with Crippen molar-refractivity contribution in [3.63, 3.8) is 0 Å². The number of benzene rings is 2. The van der Waals surface area contributed by atoms with E-state index in [0.717, 1.165) is 22.4 Å². The van der Waals surface area contributed by atoms with Gasteiger partial charge in [0, 0.05) is 13.1 Å². The van der Waals surface area contributed by atoms with E-state index >= 15 is 0 Å². The average molecular weight is 399 g/mol. The van der Waals surface area contributed by atoms with E-state index in [2.05, 4.69) is 5.32 Å². The van der Waals surface area contributed by atoms with Gasteiger partial charge in [-0.1, -0.05) is 24.3 Å². The molecule has 1 atom stereocenters. The molecule has 0 aromatic heterocycles. The van der Waals surface area contributed by atoms with E-state index in [9.17, 15) is 9.59 Å². The summed E-state index contributed by atoms with van der Waals surface area (Å²) in [5.41, 5.74) is 2.92. The Morgan fingerprint density at radius 1 is 1.10 bits per heavy atom. The number of aryl methyl sites for hydroxylation is 2. The molecule has 0 radical (unpaired) electrons. The van der Waals surface area contributed by atoms with Gasteiger partial charge in [0.15, 0.2) is 6.61 Å². The van der Waals surface area contributed by atoms with Gasteiger partial charge in [-0.15, -0.1) is 0 Å². The molecule has 6 nitrogen and oxygen atoms in total. The lowest BCUT2D eigenvalue weighted by atomic mass is 10.1. The summed E-state index contributed by atoms with van der Waals surface area (Å²) in [5, 5.41) is 2.78. The third-order valence-electron chi connectivity index (χ3n) is 4.73. The third kappa shape index (κ3) is 6.24. The molecule has 2 aromatic carbocycles. The summed E-state index contributed by atoms with van der Waals surface area (Å²) in [6.45, 7) is 8.16. The summed E-state index contributed by atoms with van der Waals surface area (Å²) < 4.78 is 11.0. The molecule has 6 heteroatoms. The van der Waals surface area contributed by atoms with E-state index in [1.54, 1.807) is 14.0 Å². The Balaban J connectivity index is 2.16. The molecule has 29 heavy (non-hydrogen) atoms. The number of likely N-dealkylation sites (N-methyl/N-ethyl adjacent to an activating group) is 1. The zero-order chi connectivity index (χ0) is 21.4. The molecule has 0 aliphatic rings. The SMILES string of the molecule is CCNC(=O)C(C)N(Cc1ccc(OC)cc1)C(=O)COc1cc(C)ccc1C. The Morgan fingerprint density at radius 2 is 1.79 bits per heavy atom. The lowest BCUT2D eigenvalue weighted by Gasteiger charge is -2.28. The van der Waals surface area contributed by atoms with Gasteiger partial charge in [-0.3, -0.25) is 9.59 Å². The first-order valence-corrected chi connectivity index (χ1v) is 9.75. The van der Waals surface area contributed by atoms with Crippen LogP contribution < -0.4 is 14.8 Å². The molecule has 0 bridgehead atoms. The zero-order valence-electron chi connectivity index (χ0n) is 17.8. The number of hydrogen-bond acceptors (Lipinski definition) is 4. The third-order valence-corrected chi connectivity index (χ3v) is 4.73. The highest BCUT2D eigenvalue weighted by molar-refractivity contribution is 5.87. The molecule has 0 spiro atoms. The second-order valence-electron chi connectivity index (χ2n) is 7.00. The first-order valence-electron chi connectivity index (χ1n) is 9.75. The van der Waals surface area contributed by atoms with Gasteiger partial charge >= 0.3 is 0 Å². The fourth-order valence-corrected chi connectivity index (χ4v) is 2.92. The summed E-state index contributed by atoms with van der Waals surface area (Å²) in [5.74, 6) is 0.969. The molecule has 2 aromatic rings. The number of hydrogen-bond donors (Lipinski definition) is 1. The second-order valence-corrected chi connectivity index (χ2v) is 7.00. The Labute approximate surface area is 172 Å². The number of amides is 2. The van der Waals surface area contributed by atoms with Gasteiger partial charge in [0.25, 0.3) is 5.91 Å². The van der Waals surface area contributed by atoms with Gasteiger partial charge in [-0.05, 0) is 62.6 Å². The minimum atomic E-state index is -0.619. The molecular formula is C23H30N2O4. The molecule has 0 saturated carbocycles. The quantitative estimate of drug-likeness (QED) is 0.704. The zero-order valence-corrected chi connectivity index (χ0v) is 17.8. The highest BCUT2D eigenvalue weighted by Gasteiger charge is 2.26. The first-order chi connectivity index (χ1) is 13.8. The van der Waals surface area contributed by atoms with Crippen molar-refractivity contribution in [1.29, 1.82) is 0 Å². The standard InChI is InChI=1S/C23H30N2O4/c1-6-24-23(27)18(4)25(14-19-9-11-20(28-5)12-10-19)22(26)15-29-21-13-16(2)7-8-17(21)3/h7-13,18H,6,14-15H2,1-5H3,(H,24,27). The largest absolute Gasteiger partial charge is 0.497 e. The fourth-order valence-electron chi connectivity index (χ4n) is 2.92. The van der Waals surface area contributed by atoms with E-state index in [4.69, 9.17) is 9.47 Å². The molecule has 0 heterocycles. The van der Waals surface area contributed by atoms with Crippen LogP contribution in [0, 0.1) is 13.8 Å². The lowest BCUT2D eigenvalue weighted by Crippen LogP contribution is -2.49. The van der Waals surface area contributed by atoms with Crippen LogP contribution in [-0.2, 0) is 16.1 Å². The minimum absolute atomic E-state index is 0.135. The Kier molecular flexibility index (Phi) is 8.07. The number of carbonyl (C=O) groups is 2. The van der Waals surface area contributed by atoms with Crippen LogP contribution in [0.3, 0.4) is 0 Å². The fraction of sp³-hybridized carbons (Fsp3) is 0.391. The van der Waals surface area contributed by atoms with Crippen molar-refractivity contribution < 1.29 is 19.1 Å². The topological polar surface area (TPSA) is 67.9 Å². The molecule has 0 fully saturated rings. The summed E-state index contributed by atoms with van der Waals surface area (Å²) in [6.07, 6.45) is 0. The van der Waals surface area contributed by atoms with E-state index in [1.807, 2.05) is 63.2 Å². The van der Waals surface area contributed by atoms with E-state index in [1.165, 1.54) is 4.90 Å². The van der Waals surface area contributed by atoms with Crippen molar-refractivity contribution in [2.24, 2.45) is 0 Å². The highest BCUT2D eigenvalue weighted by Crippen LogP contribution is 2.20. The summed E-state index contributed by atoms with van der Waals surface area (Å²) in [7, 11) is 1.60. The lowest BCUT2D eigenvalue weighted by molar-refractivity contribution is -0.142. The van der Waals surface area contributed by atoms with Crippen molar-refractivity contribution in [2.45, 2.75) is 40.3 Å². The number of nitrogens with one attached hydrogen (secondary N) is 1. The Bertz CT molecular complexity index is 833. The molecule has 0 saturated heterocycles. The maximum absolute atomic E-state index is 13.0. The van der Waals surface area contributed by atoms with Crippen molar-refractivity contribution in [3.05, 3.63) is 59.2 Å². The van der Waals surface area contributed by atoms with Crippen molar-refractivity contribution in [2.75, 3.05) is 20.3 Å². The summed E-state index contributed by atoms with van der Waals surface area (Å²) in [6, 6.07) is 12.7. The molecule has 2 amide bonds. The molecular weight excluding hydrogens is 368 g/mol. The smallest absolute Gasteiger partial charge is 0.261 e. The van der Waals surface area contributed by atoms with Gasteiger partial charge in [0.05, 0.1) is 7.11 Å². The average Bonchev–Trinajstić information content (AvgIpc) is 2.72. The second kappa shape index (κ2) is 10.5. The van der Waals surface area contributed by atoms with Gasteiger partial charge in [-0.2, -0.15) is 0 Å². The van der Waals surface area contributed by atoms with Gasteiger partial charge < -0.3 is 19.7 Å². The molecule has 0 aliphatic heterocycles. The van der Waals surface area contributed by atoms with Gasteiger partial charge in [0.2, 0.25) is 5.91 Å². The van der Waals surface area contributed by atoms with Crippen molar-refractivity contribution in [1.82, 2.24) is 10.2 Å². The molecule has 1 unspecified atom stereocenters. The number of ether oxygens (including phenoxy) is 2. The van der Waals surface area contributed by atoms with Crippen LogP contribution in [0.4, 0.5) is 0 Å². The molecule has 0 aliphatic carbocycles. The maximum Gasteiger partial charge on any atom is 0.261 e. The Hall–Kier alpha value is -3.02. The number of carbonyl (C=O) groups excluding carboxylic acids is 2. The molecule has 1 N–H and O–H groups in total. The van der Waals surface area contributed by atoms with Crippen LogP contribution in [0.2, 0.25) is 0 Å². The van der Waals surface area contributed by atoms with Crippen LogP contribution in [0.1, 0.15) is 30.5 Å². The van der Waals surface area contributed by atoms with Gasteiger partial charge in [0.1, 0.15) is 17.5 Å². The number of rotatable bonds is 9. The van der Waals surface area contributed by atoms with E-state index < -0.39 is 6.04 Å². The monoisotopic (exact) mass is 398 g/mol. The maximum atomic E-state index is 13.0.